The molecule has 4 nitrogen and oxygen atoms in total. The normalized spacial score (nSPS) is 10.7. The van der Waals surface area contributed by atoms with Crippen molar-refractivity contribution in [3.63, 3.8) is 0 Å². The van der Waals surface area contributed by atoms with Crippen LogP contribution in [0.5, 0.6) is 0 Å². The topological polar surface area (TPSA) is 58.2 Å². The number of ether oxygens (including phenoxy) is 1. The lowest BCUT2D eigenvalue weighted by Gasteiger charge is -2.06. The minimum absolute atomic E-state index is 0.356. The highest BCUT2D eigenvalue weighted by Gasteiger charge is 2.00. The Labute approximate surface area is 103 Å². The molecule has 0 bridgehead atoms. The van der Waals surface area contributed by atoms with E-state index in [0.717, 1.165) is 25.3 Å². The zero-order chi connectivity index (χ0) is 12.5. The van der Waals surface area contributed by atoms with Gasteiger partial charge in [-0.2, -0.15) is 5.26 Å². The van der Waals surface area contributed by atoms with E-state index in [1.165, 1.54) is 0 Å². The molecule has 0 fully saturated rings. The molecule has 4 heteroatoms. The van der Waals surface area contributed by atoms with Crippen LogP contribution in [-0.2, 0) is 11.3 Å². The van der Waals surface area contributed by atoms with E-state index in [1.807, 2.05) is 12.1 Å². The first-order valence-electron chi connectivity index (χ1n) is 5.99. The standard InChI is InChI=1S/C13H20N2O2/c1-11(2)5-7-16-8-6-15-10-13-4-3-12(9-14)17-13/h3-4,11,15H,5-8,10H2,1-2H3. The van der Waals surface area contributed by atoms with Crippen molar-refractivity contribution in [2.24, 2.45) is 5.92 Å². The summed E-state index contributed by atoms with van der Waals surface area (Å²) in [7, 11) is 0. The van der Waals surface area contributed by atoms with Crippen LogP contribution in [0.3, 0.4) is 0 Å². The molecule has 0 unspecified atom stereocenters. The Kier molecular flexibility index (Phi) is 6.38. The van der Waals surface area contributed by atoms with Gasteiger partial charge in [0.15, 0.2) is 0 Å². The van der Waals surface area contributed by atoms with Gasteiger partial charge < -0.3 is 14.5 Å². The molecule has 94 valence electrons. The molecule has 1 aromatic heterocycles. The summed E-state index contributed by atoms with van der Waals surface area (Å²) < 4.78 is 10.7. The number of rotatable bonds is 8. The Morgan fingerprint density at radius 2 is 2.24 bits per heavy atom. The Morgan fingerprint density at radius 3 is 2.88 bits per heavy atom. The fraction of sp³-hybridized carbons (Fsp3) is 0.615. The maximum absolute atomic E-state index is 8.58. The molecule has 1 aromatic rings. The van der Waals surface area contributed by atoms with Crippen LogP contribution in [0.25, 0.3) is 0 Å². The Balaban J connectivity index is 1.99. The van der Waals surface area contributed by atoms with Crippen LogP contribution < -0.4 is 5.32 Å². The predicted octanol–water partition coefficient (Wildman–Crippen LogP) is 2.30. The van der Waals surface area contributed by atoms with Gasteiger partial charge in [-0.05, 0) is 24.5 Å². The van der Waals surface area contributed by atoms with E-state index in [0.29, 0.717) is 24.8 Å². The number of hydrogen-bond acceptors (Lipinski definition) is 4. The summed E-state index contributed by atoms with van der Waals surface area (Å²) in [5, 5.41) is 11.8. The first-order chi connectivity index (χ1) is 8.22. The number of nitrogens with one attached hydrogen (secondary N) is 1. The van der Waals surface area contributed by atoms with Crippen LogP contribution >= 0.6 is 0 Å². The van der Waals surface area contributed by atoms with Gasteiger partial charge in [0.1, 0.15) is 11.8 Å². The first-order valence-corrected chi connectivity index (χ1v) is 5.99. The summed E-state index contributed by atoms with van der Waals surface area (Å²) in [6.45, 7) is 7.32. The van der Waals surface area contributed by atoms with E-state index >= 15 is 0 Å². The van der Waals surface area contributed by atoms with Crippen molar-refractivity contribution in [1.29, 1.82) is 5.26 Å². The van der Waals surface area contributed by atoms with E-state index in [4.69, 9.17) is 14.4 Å². The average molecular weight is 236 g/mol. The van der Waals surface area contributed by atoms with Crippen LogP contribution in [0.1, 0.15) is 31.8 Å². The summed E-state index contributed by atoms with van der Waals surface area (Å²) in [5.74, 6) is 1.83. The summed E-state index contributed by atoms with van der Waals surface area (Å²) in [6, 6.07) is 5.44. The fourth-order valence-electron chi connectivity index (χ4n) is 1.31. The number of furan rings is 1. The van der Waals surface area contributed by atoms with E-state index in [1.54, 1.807) is 6.07 Å². The molecule has 0 spiro atoms. The highest BCUT2D eigenvalue weighted by atomic mass is 16.5. The van der Waals surface area contributed by atoms with Crippen LogP contribution in [0.4, 0.5) is 0 Å². The third-order valence-corrected chi connectivity index (χ3v) is 2.33. The molecular weight excluding hydrogens is 216 g/mol. The number of hydrogen-bond donors (Lipinski definition) is 1. The molecule has 0 atom stereocenters. The average Bonchev–Trinajstić information content (AvgIpc) is 2.75. The van der Waals surface area contributed by atoms with E-state index in [2.05, 4.69) is 19.2 Å². The molecule has 1 heterocycles. The van der Waals surface area contributed by atoms with Crippen LogP contribution in [0.2, 0.25) is 0 Å². The zero-order valence-corrected chi connectivity index (χ0v) is 10.5. The molecule has 0 aromatic carbocycles. The van der Waals surface area contributed by atoms with Gasteiger partial charge in [0.05, 0.1) is 13.2 Å². The number of nitrogens with zero attached hydrogens (tertiary/aromatic N) is 1. The molecule has 0 radical (unpaired) electrons. The van der Waals surface area contributed by atoms with Crippen molar-refractivity contribution in [3.8, 4) is 6.07 Å². The second-order valence-corrected chi connectivity index (χ2v) is 4.35. The molecule has 0 aliphatic heterocycles. The lowest BCUT2D eigenvalue weighted by Crippen LogP contribution is -2.19. The molecule has 17 heavy (non-hydrogen) atoms. The van der Waals surface area contributed by atoms with Gasteiger partial charge in [0.25, 0.3) is 0 Å². The van der Waals surface area contributed by atoms with Gasteiger partial charge in [-0.15, -0.1) is 0 Å². The van der Waals surface area contributed by atoms with Gasteiger partial charge in [-0.1, -0.05) is 13.8 Å². The second kappa shape index (κ2) is 7.88. The fourth-order valence-corrected chi connectivity index (χ4v) is 1.31. The highest BCUT2D eigenvalue weighted by molar-refractivity contribution is 5.18. The molecule has 0 saturated carbocycles. The van der Waals surface area contributed by atoms with Gasteiger partial charge in [0.2, 0.25) is 5.76 Å². The monoisotopic (exact) mass is 236 g/mol. The summed E-state index contributed by atoms with van der Waals surface area (Å²) in [4.78, 5) is 0. The minimum Gasteiger partial charge on any atom is -0.449 e. The summed E-state index contributed by atoms with van der Waals surface area (Å²) in [6.07, 6.45) is 1.10. The lowest BCUT2D eigenvalue weighted by atomic mass is 10.1. The van der Waals surface area contributed by atoms with Crippen molar-refractivity contribution in [2.75, 3.05) is 19.8 Å². The second-order valence-electron chi connectivity index (χ2n) is 4.35. The SMILES string of the molecule is CC(C)CCOCCNCc1ccc(C#N)o1. The van der Waals surface area contributed by atoms with Crippen molar-refractivity contribution >= 4 is 0 Å². The largest absolute Gasteiger partial charge is 0.449 e. The van der Waals surface area contributed by atoms with Crippen LogP contribution in [0, 0.1) is 17.2 Å². The Morgan fingerprint density at radius 1 is 1.41 bits per heavy atom. The van der Waals surface area contributed by atoms with Crippen molar-refractivity contribution in [1.82, 2.24) is 5.32 Å². The van der Waals surface area contributed by atoms with E-state index in [9.17, 15) is 0 Å². The summed E-state index contributed by atoms with van der Waals surface area (Å²) in [5.41, 5.74) is 0. The molecule has 1 N–H and O–H groups in total. The summed E-state index contributed by atoms with van der Waals surface area (Å²) >= 11 is 0. The van der Waals surface area contributed by atoms with Crippen LogP contribution in [0.15, 0.2) is 16.5 Å². The Hall–Kier alpha value is -1.31. The lowest BCUT2D eigenvalue weighted by molar-refractivity contribution is 0.125. The molecule has 0 aliphatic rings. The van der Waals surface area contributed by atoms with Gasteiger partial charge in [-0.25, -0.2) is 0 Å². The first kappa shape index (κ1) is 13.8. The van der Waals surface area contributed by atoms with Crippen LogP contribution in [-0.4, -0.2) is 19.8 Å². The molecule has 0 saturated heterocycles. The third kappa shape index (κ3) is 6.10. The Bertz CT molecular complexity index is 353. The van der Waals surface area contributed by atoms with Crippen molar-refractivity contribution in [3.05, 3.63) is 23.7 Å². The van der Waals surface area contributed by atoms with E-state index < -0.39 is 0 Å². The zero-order valence-electron chi connectivity index (χ0n) is 10.5. The minimum atomic E-state index is 0.356. The molecular formula is C13H20N2O2. The quantitative estimate of drug-likeness (QED) is 0.704. The third-order valence-electron chi connectivity index (χ3n) is 2.33. The highest BCUT2D eigenvalue weighted by Crippen LogP contribution is 2.05. The molecule has 0 amide bonds. The maximum Gasteiger partial charge on any atom is 0.203 e. The number of nitriles is 1. The van der Waals surface area contributed by atoms with Gasteiger partial charge in [-0.3, -0.25) is 0 Å². The van der Waals surface area contributed by atoms with E-state index in [-0.39, 0.29) is 0 Å². The molecule has 1 rings (SSSR count). The van der Waals surface area contributed by atoms with Crippen molar-refractivity contribution < 1.29 is 9.15 Å². The van der Waals surface area contributed by atoms with Gasteiger partial charge >= 0.3 is 0 Å². The van der Waals surface area contributed by atoms with Gasteiger partial charge in [0, 0.05) is 13.2 Å². The smallest absolute Gasteiger partial charge is 0.203 e. The predicted molar refractivity (Wildman–Crippen MR) is 65.4 cm³/mol. The molecule has 0 aliphatic carbocycles. The maximum atomic E-state index is 8.58. The van der Waals surface area contributed by atoms with Crippen molar-refractivity contribution in [2.45, 2.75) is 26.8 Å².